The third kappa shape index (κ3) is 3.42. The molecule has 2 aromatic heterocycles. The highest BCUT2D eigenvalue weighted by atomic mass is 35.5. The molecule has 0 aromatic carbocycles. The van der Waals surface area contributed by atoms with E-state index in [0.29, 0.717) is 11.5 Å². The molecule has 6 nitrogen and oxygen atoms in total. The van der Waals surface area contributed by atoms with Gasteiger partial charge in [-0.15, -0.1) is 10.2 Å². The van der Waals surface area contributed by atoms with Crippen molar-refractivity contribution in [3.05, 3.63) is 40.8 Å². The normalized spacial score (nSPS) is 10.2. The van der Waals surface area contributed by atoms with Crippen LogP contribution in [0, 0.1) is 6.92 Å². The smallest absolute Gasteiger partial charge is 0.361 e. The molecule has 0 amide bonds. The molecule has 0 aliphatic rings. The molecule has 0 aliphatic carbocycles. The van der Waals surface area contributed by atoms with Crippen LogP contribution in [0.25, 0.3) is 0 Å². The van der Waals surface area contributed by atoms with Gasteiger partial charge in [0.15, 0.2) is 10.8 Å². The lowest BCUT2D eigenvalue weighted by atomic mass is 10.3. The molecule has 7 heteroatoms. The van der Waals surface area contributed by atoms with Crippen molar-refractivity contribution in [2.45, 2.75) is 13.8 Å². The Hall–Kier alpha value is -2.21. The summed E-state index contributed by atoms with van der Waals surface area (Å²) in [5, 5.41) is 10.6. The molecule has 2 rings (SSSR count). The van der Waals surface area contributed by atoms with Crippen LogP contribution in [-0.4, -0.2) is 27.8 Å². The van der Waals surface area contributed by atoms with Crippen molar-refractivity contribution in [3.63, 3.8) is 0 Å². The van der Waals surface area contributed by atoms with Gasteiger partial charge in [-0.3, -0.25) is 0 Å². The second-order valence-electron chi connectivity index (χ2n) is 3.94. The standard InChI is InChI=1S/C13H13ClN4O2/c1-3-20-13(19)12-9(7-10(14)17-18-12)16-11-6-4-5-8(2)15-11/h4-7H,3H2,1-2H3,(H,15,16,17). The largest absolute Gasteiger partial charge is 0.461 e. The minimum atomic E-state index is -0.563. The second-order valence-corrected chi connectivity index (χ2v) is 4.33. The molecular weight excluding hydrogens is 280 g/mol. The Kier molecular flexibility index (Phi) is 4.47. The minimum Gasteiger partial charge on any atom is -0.461 e. The van der Waals surface area contributed by atoms with E-state index in [0.717, 1.165) is 5.69 Å². The lowest BCUT2D eigenvalue weighted by Gasteiger charge is -2.10. The summed E-state index contributed by atoms with van der Waals surface area (Å²) >= 11 is 5.81. The zero-order valence-electron chi connectivity index (χ0n) is 11.1. The van der Waals surface area contributed by atoms with E-state index in [4.69, 9.17) is 16.3 Å². The van der Waals surface area contributed by atoms with E-state index in [1.54, 1.807) is 13.0 Å². The molecule has 0 fully saturated rings. The SMILES string of the molecule is CCOC(=O)c1nnc(Cl)cc1Nc1cccc(C)n1. The van der Waals surface area contributed by atoms with Crippen molar-refractivity contribution in [2.24, 2.45) is 0 Å². The summed E-state index contributed by atoms with van der Waals surface area (Å²) in [5.74, 6) is 0.0198. The number of aromatic nitrogens is 3. The molecule has 0 radical (unpaired) electrons. The van der Waals surface area contributed by atoms with Crippen LogP contribution in [0.3, 0.4) is 0 Å². The molecule has 0 unspecified atom stereocenters. The second kappa shape index (κ2) is 6.29. The van der Waals surface area contributed by atoms with Gasteiger partial charge < -0.3 is 10.1 Å². The van der Waals surface area contributed by atoms with Crippen LogP contribution in [0.2, 0.25) is 5.15 Å². The monoisotopic (exact) mass is 292 g/mol. The fraction of sp³-hybridized carbons (Fsp3) is 0.231. The van der Waals surface area contributed by atoms with Gasteiger partial charge in [-0.2, -0.15) is 0 Å². The molecule has 1 N–H and O–H groups in total. The van der Waals surface area contributed by atoms with Gasteiger partial charge in [-0.1, -0.05) is 17.7 Å². The summed E-state index contributed by atoms with van der Waals surface area (Å²) in [7, 11) is 0. The summed E-state index contributed by atoms with van der Waals surface area (Å²) in [6, 6.07) is 7.00. The van der Waals surface area contributed by atoms with Gasteiger partial charge in [0, 0.05) is 11.8 Å². The predicted octanol–water partition coefficient (Wildman–Crippen LogP) is 2.75. The molecule has 0 atom stereocenters. The number of hydrogen-bond donors (Lipinski definition) is 1. The predicted molar refractivity (Wildman–Crippen MR) is 75.3 cm³/mol. The Morgan fingerprint density at radius 2 is 2.20 bits per heavy atom. The van der Waals surface area contributed by atoms with Crippen LogP contribution in [-0.2, 0) is 4.74 Å². The van der Waals surface area contributed by atoms with E-state index in [1.165, 1.54) is 6.07 Å². The number of pyridine rings is 1. The average molecular weight is 293 g/mol. The first-order chi connectivity index (χ1) is 9.60. The molecule has 0 bridgehead atoms. The maximum Gasteiger partial charge on any atom is 0.361 e. The van der Waals surface area contributed by atoms with Crippen molar-refractivity contribution in [1.29, 1.82) is 0 Å². The van der Waals surface area contributed by atoms with Gasteiger partial charge in [-0.05, 0) is 26.0 Å². The van der Waals surface area contributed by atoms with Crippen molar-refractivity contribution >= 4 is 29.1 Å². The maximum absolute atomic E-state index is 11.8. The zero-order chi connectivity index (χ0) is 14.5. The average Bonchev–Trinajstić information content (AvgIpc) is 2.39. The van der Waals surface area contributed by atoms with Crippen LogP contribution in [0.15, 0.2) is 24.3 Å². The van der Waals surface area contributed by atoms with Crippen LogP contribution in [0.1, 0.15) is 23.1 Å². The molecule has 2 aromatic rings. The number of hydrogen-bond acceptors (Lipinski definition) is 6. The van der Waals surface area contributed by atoms with Gasteiger partial charge in [0.05, 0.1) is 12.3 Å². The van der Waals surface area contributed by atoms with Crippen molar-refractivity contribution in [2.75, 3.05) is 11.9 Å². The van der Waals surface area contributed by atoms with Crippen LogP contribution < -0.4 is 5.32 Å². The van der Waals surface area contributed by atoms with Crippen LogP contribution in [0.4, 0.5) is 11.5 Å². The molecule has 20 heavy (non-hydrogen) atoms. The number of aryl methyl sites for hydroxylation is 1. The van der Waals surface area contributed by atoms with Crippen molar-refractivity contribution in [3.8, 4) is 0 Å². The van der Waals surface area contributed by atoms with Gasteiger partial charge in [-0.25, -0.2) is 9.78 Å². The minimum absolute atomic E-state index is 0.0690. The summed E-state index contributed by atoms with van der Waals surface area (Å²) in [5.41, 5.74) is 1.32. The number of nitrogens with zero attached hydrogens (tertiary/aromatic N) is 3. The van der Waals surface area contributed by atoms with E-state index in [2.05, 4.69) is 20.5 Å². The molecule has 2 heterocycles. The Balaban J connectivity index is 2.34. The third-order valence-corrected chi connectivity index (χ3v) is 2.57. The fourth-order valence-corrected chi connectivity index (χ4v) is 1.71. The van der Waals surface area contributed by atoms with E-state index in [-0.39, 0.29) is 17.5 Å². The highest BCUT2D eigenvalue weighted by Gasteiger charge is 2.16. The molecule has 104 valence electrons. The Labute approximate surface area is 121 Å². The number of ether oxygens (including phenoxy) is 1. The highest BCUT2D eigenvalue weighted by molar-refractivity contribution is 6.29. The molecule has 0 saturated carbocycles. The number of carbonyl (C=O) groups is 1. The first-order valence-corrected chi connectivity index (χ1v) is 6.39. The summed E-state index contributed by atoms with van der Waals surface area (Å²) in [4.78, 5) is 16.1. The Morgan fingerprint density at radius 3 is 2.90 bits per heavy atom. The number of rotatable bonds is 4. The third-order valence-electron chi connectivity index (χ3n) is 2.38. The first kappa shape index (κ1) is 14.2. The van der Waals surface area contributed by atoms with Crippen LogP contribution >= 0.6 is 11.6 Å². The van der Waals surface area contributed by atoms with Gasteiger partial charge in [0.25, 0.3) is 0 Å². The summed E-state index contributed by atoms with van der Waals surface area (Å²) in [6.45, 7) is 3.84. The lowest BCUT2D eigenvalue weighted by molar-refractivity contribution is 0.0519. The number of esters is 1. The number of nitrogens with one attached hydrogen (secondary N) is 1. The molecule has 0 aliphatic heterocycles. The van der Waals surface area contributed by atoms with Crippen molar-refractivity contribution < 1.29 is 9.53 Å². The van der Waals surface area contributed by atoms with Crippen LogP contribution in [0.5, 0.6) is 0 Å². The zero-order valence-corrected chi connectivity index (χ0v) is 11.8. The number of anilines is 2. The quantitative estimate of drug-likeness (QED) is 0.873. The van der Waals surface area contributed by atoms with E-state index >= 15 is 0 Å². The summed E-state index contributed by atoms with van der Waals surface area (Å²) in [6.07, 6.45) is 0. The molecular formula is C13H13ClN4O2. The molecule has 0 spiro atoms. The van der Waals surface area contributed by atoms with E-state index < -0.39 is 5.97 Å². The number of carbonyl (C=O) groups excluding carboxylic acids is 1. The van der Waals surface area contributed by atoms with Gasteiger partial charge in [0.2, 0.25) is 0 Å². The molecule has 0 saturated heterocycles. The maximum atomic E-state index is 11.8. The number of halogens is 1. The van der Waals surface area contributed by atoms with Gasteiger partial charge in [0.1, 0.15) is 5.82 Å². The first-order valence-electron chi connectivity index (χ1n) is 6.01. The highest BCUT2D eigenvalue weighted by Crippen LogP contribution is 2.21. The Morgan fingerprint density at radius 1 is 1.40 bits per heavy atom. The Bertz CT molecular complexity index is 634. The van der Waals surface area contributed by atoms with E-state index in [1.807, 2.05) is 19.1 Å². The van der Waals surface area contributed by atoms with Crippen molar-refractivity contribution in [1.82, 2.24) is 15.2 Å². The topological polar surface area (TPSA) is 77.0 Å². The lowest BCUT2D eigenvalue weighted by Crippen LogP contribution is -2.12. The summed E-state index contributed by atoms with van der Waals surface area (Å²) < 4.78 is 4.92. The fourth-order valence-electron chi connectivity index (χ4n) is 1.56. The van der Waals surface area contributed by atoms with E-state index in [9.17, 15) is 4.79 Å². The van der Waals surface area contributed by atoms with Gasteiger partial charge >= 0.3 is 5.97 Å².